The molecule has 6 nitrogen and oxygen atoms in total. The first kappa shape index (κ1) is 18.6. The molecule has 3 rings (SSSR count). The molecule has 0 atom stereocenters. The fourth-order valence-electron chi connectivity index (χ4n) is 2.96. The molecule has 0 radical (unpaired) electrons. The van der Waals surface area contributed by atoms with Crippen LogP contribution in [0, 0.1) is 0 Å². The summed E-state index contributed by atoms with van der Waals surface area (Å²) in [4.78, 5) is 30.5. The first-order valence-corrected chi connectivity index (χ1v) is 9.07. The number of H-pyrrole nitrogens is 1. The molecule has 140 valence electrons. The largest absolute Gasteiger partial charge is 0.469 e. The normalized spacial score (nSPS) is 10.7. The van der Waals surface area contributed by atoms with Crippen molar-refractivity contribution in [2.24, 2.45) is 0 Å². The molecule has 1 heterocycles. The van der Waals surface area contributed by atoms with Crippen LogP contribution in [0.3, 0.4) is 0 Å². The second-order valence-corrected chi connectivity index (χ2v) is 6.39. The van der Waals surface area contributed by atoms with Crippen LogP contribution in [-0.4, -0.2) is 23.0 Å². The molecular weight excluding hydrogens is 342 g/mol. The van der Waals surface area contributed by atoms with E-state index in [4.69, 9.17) is 0 Å². The maximum atomic E-state index is 12.2. The van der Waals surface area contributed by atoms with E-state index < -0.39 is 0 Å². The molecule has 27 heavy (non-hydrogen) atoms. The van der Waals surface area contributed by atoms with Gasteiger partial charge in [0, 0.05) is 12.1 Å². The van der Waals surface area contributed by atoms with Gasteiger partial charge in [-0.3, -0.25) is 14.6 Å². The van der Waals surface area contributed by atoms with Crippen molar-refractivity contribution in [2.45, 2.75) is 32.1 Å². The molecule has 0 unspecified atom stereocenters. The van der Waals surface area contributed by atoms with Gasteiger partial charge in [0.05, 0.1) is 18.0 Å². The molecule has 0 aliphatic carbocycles. The maximum Gasteiger partial charge on any atom is 0.305 e. The van der Waals surface area contributed by atoms with E-state index in [0.717, 1.165) is 31.4 Å². The van der Waals surface area contributed by atoms with Crippen molar-refractivity contribution in [3.63, 3.8) is 0 Å². The predicted octanol–water partition coefficient (Wildman–Crippen LogP) is 3.94. The van der Waals surface area contributed by atoms with Gasteiger partial charge in [-0.25, -0.2) is 4.98 Å². The van der Waals surface area contributed by atoms with Gasteiger partial charge >= 0.3 is 5.97 Å². The minimum absolute atomic E-state index is 0.155. The number of unbranched alkanes of at least 4 members (excludes halogenated alkanes) is 2. The number of aryl methyl sites for hydroxylation is 1. The standard InChI is InChI=1S/C21H23N3O3/c1-27-19(25)13-4-2-3-8-15-9-7-10-16(14-15)22-21-23-18-12-6-5-11-17(18)20(26)24-21/h5-7,9-12,14H,2-4,8,13H2,1H3,(H2,22,23,24,26). The number of hydrogen-bond donors (Lipinski definition) is 2. The van der Waals surface area contributed by atoms with Gasteiger partial charge in [0.2, 0.25) is 5.95 Å². The first-order chi connectivity index (χ1) is 13.2. The summed E-state index contributed by atoms with van der Waals surface area (Å²) in [5, 5.41) is 3.75. The third-order valence-corrected chi connectivity index (χ3v) is 4.38. The number of nitrogens with zero attached hydrogens (tertiary/aromatic N) is 1. The highest BCUT2D eigenvalue weighted by atomic mass is 16.5. The van der Waals surface area contributed by atoms with Gasteiger partial charge in [-0.15, -0.1) is 0 Å². The van der Waals surface area contributed by atoms with E-state index in [1.807, 2.05) is 30.3 Å². The Morgan fingerprint density at radius 3 is 2.81 bits per heavy atom. The minimum atomic E-state index is -0.162. The summed E-state index contributed by atoms with van der Waals surface area (Å²) in [6, 6.07) is 15.3. The van der Waals surface area contributed by atoms with Crippen molar-refractivity contribution in [1.29, 1.82) is 0 Å². The molecule has 0 fully saturated rings. The van der Waals surface area contributed by atoms with E-state index in [9.17, 15) is 9.59 Å². The zero-order valence-corrected chi connectivity index (χ0v) is 15.3. The van der Waals surface area contributed by atoms with Crippen molar-refractivity contribution >= 4 is 28.5 Å². The Morgan fingerprint density at radius 2 is 1.96 bits per heavy atom. The van der Waals surface area contributed by atoms with Crippen LogP contribution in [0.4, 0.5) is 11.6 Å². The van der Waals surface area contributed by atoms with Crippen LogP contribution >= 0.6 is 0 Å². The number of rotatable bonds is 8. The monoisotopic (exact) mass is 365 g/mol. The summed E-state index contributed by atoms with van der Waals surface area (Å²) in [6.45, 7) is 0. The Labute approximate surface area is 157 Å². The first-order valence-electron chi connectivity index (χ1n) is 9.07. The summed E-state index contributed by atoms with van der Waals surface area (Å²) in [5.74, 6) is 0.270. The Hall–Kier alpha value is -3.15. The molecule has 1 aromatic heterocycles. The van der Waals surface area contributed by atoms with E-state index in [0.29, 0.717) is 23.3 Å². The van der Waals surface area contributed by atoms with Gasteiger partial charge in [-0.2, -0.15) is 0 Å². The van der Waals surface area contributed by atoms with Crippen LogP contribution in [0.25, 0.3) is 10.9 Å². The molecule has 0 aliphatic heterocycles. The number of esters is 1. The Balaban J connectivity index is 1.61. The van der Waals surface area contributed by atoms with Crippen molar-refractivity contribution < 1.29 is 9.53 Å². The quantitative estimate of drug-likeness (QED) is 0.466. The lowest BCUT2D eigenvalue weighted by atomic mass is 10.1. The van der Waals surface area contributed by atoms with E-state index in [1.54, 1.807) is 6.07 Å². The number of fused-ring (bicyclic) bond motifs is 1. The smallest absolute Gasteiger partial charge is 0.305 e. The van der Waals surface area contributed by atoms with Crippen molar-refractivity contribution in [3.05, 3.63) is 64.4 Å². The van der Waals surface area contributed by atoms with E-state index >= 15 is 0 Å². The third-order valence-electron chi connectivity index (χ3n) is 4.38. The zero-order valence-electron chi connectivity index (χ0n) is 15.3. The SMILES string of the molecule is COC(=O)CCCCCc1cccc(Nc2nc3ccccc3c(=O)[nH]2)c1. The number of hydrogen-bond acceptors (Lipinski definition) is 5. The van der Waals surface area contributed by atoms with Crippen LogP contribution < -0.4 is 10.9 Å². The Morgan fingerprint density at radius 1 is 1.11 bits per heavy atom. The summed E-state index contributed by atoms with van der Waals surface area (Å²) >= 11 is 0. The molecule has 0 spiro atoms. The lowest BCUT2D eigenvalue weighted by Gasteiger charge is -2.08. The van der Waals surface area contributed by atoms with Crippen LogP contribution in [0.5, 0.6) is 0 Å². The molecule has 0 aliphatic rings. The molecule has 3 aromatic rings. The van der Waals surface area contributed by atoms with Crippen molar-refractivity contribution in [3.8, 4) is 0 Å². The number of ether oxygens (including phenoxy) is 1. The second-order valence-electron chi connectivity index (χ2n) is 6.39. The fraction of sp³-hybridized carbons (Fsp3) is 0.286. The minimum Gasteiger partial charge on any atom is -0.469 e. The number of carbonyl (C=O) groups is 1. The predicted molar refractivity (Wildman–Crippen MR) is 106 cm³/mol. The van der Waals surface area contributed by atoms with Gasteiger partial charge in [0.25, 0.3) is 5.56 Å². The maximum absolute atomic E-state index is 12.2. The molecule has 0 saturated carbocycles. The van der Waals surface area contributed by atoms with Crippen LogP contribution in [0.15, 0.2) is 53.3 Å². The number of nitrogens with one attached hydrogen (secondary N) is 2. The lowest BCUT2D eigenvalue weighted by Crippen LogP contribution is -2.11. The van der Waals surface area contributed by atoms with Crippen molar-refractivity contribution in [1.82, 2.24) is 9.97 Å². The number of aromatic amines is 1. The van der Waals surface area contributed by atoms with Crippen LogP contribution in [0.1, 0.15) is 31.2 Å². The Bertz CT molecular complexity index is 982. The summed E-state index contributed by atoms with van der Waals surface area (Å²) in [7, 11) is 1.42. The van der Waals surface area contributed by atoms with Gasteiger partial charge < -0.3 is 10.1 Å². The number of carbonyl (C=O) groups excluding carboxylic acids is 1. The number of benzene rings is 2. The number of anilines is 2. The van der Waals surface area contributed by atoms with E-state index in [-0.39, 0.29) is 11.5 Å². The summed E-state index contributed by atoms with van der Waals surface area (Å²) in [6.07, 6.45) is 4.22. The second kappa shape index (κ2) is 8.98. The van der Waals surface area contributed by atoms with Crippen LogP contribution in [0.2, 0.25) is 0 Å². The van der Waals surface area contributed by atoms with E-state index in [1.165, 1.54) is 12.7 Å². The molecule has 6 heteroatoms. The highest BCUT2D eigenvalue weighted by Crippen LogP contribution is 2.17. The molecular formula is C21H23N3O3. The average molecular weight is 365 g/mol. The zero-order chi connectivity index (χ0) is 19.1. The number of para-hydroxylation sites is 1. The molecule has 2 aromatic carbocycles. The molecule has 0 bridgehead atoms. The number of aromatic nitrogens is 2. The van der Waals surface area contributed by atoms with Gasteiger partial charge in [0.1, 0.15) is 0 Å². The Kier molecular flexibility index (Phi) is 6.20. The van der Waals surface area contributed by atoms with Gasteiger partial charge in [-0.1, -0.05) is 30.7 Å². The van der Waals surface area contributed by atoms with Crippen molar-refractivity contribution in [2.75, 3.05) is 12.4 Å². The topological polar surface area (TPSA) is 84.1 Å². The molecule has 2 N–H and O–H groups in total. The van der Waals surface area contributed by atoms with Gasteiger partial charge in [-0.05, 0) is 49.1 Å². The lowest BCUT2D eigenvalue weighted by molar-refractivity contribution is -0.140. The summed E-state index contributed by atoms with van der Waals surface area (Å²) < 4.78 is 4.64. The fourth-order valence-corrected chi connectivity index (χ4v) is 2.96. The molecule has 0 amide bonds. The summed E-state index contributed by atoms with van der Waals surface area (Å²) in [5.41, 5.74) is 2.57. The highest BCUT2D eigenvalue weighted by molar-refractivity contribution is 5.78. The van der Waals surface area contributed by atoms with E-state index in [2.05, 4.69) is 32.2 Å². The molecule has 0 saturated heterocycles. The van der Waals surface area contributed by atoms with Crippen LogP contribution in [-0.2, 0) is 16.0 Å². The third kappa shape index (κ3) is 5.17. The number of methoxy groups -OCH3 is 1. The average Bonchev–Trinajstić information content (AvgIpc) is 2.68. The highest BCUT2D eigenvalue weighted by Gasteiger charge is 2.04. The van der Waals surface area contributed by atoms with Gasteiger partial charge in [0.15, 0.2) is 0 Å².